The normalized spacial score (nSPS) is 20.0. The fourth-order valence-corrected chi connectivity index (χ4v) is 4.52. The first-order valence-corrected chi connectivity index (χ1v) is 10.5. The molecule has 0 saturated carbocycles. The van der Waals surface area contributed by atoms with Crippen LogP contribution in [0.15, 0.2) is 36.8 Å². The molecule has 1 saturated heterocycles. The first-order valence-electron chi connectivity index (χ1n) is 10.5. The standard InChI is InChI=1S/C22H26N6O/c1-15(13-27-14-25-18-5-2-3-6-19(18)27)22(29)28-10-4-7-20(28)21-24-12-16-11-23-9-8-17(16)26-21/h2-3,5-6,12,14-15,20,23H,4,7-11,13H2,1H3. The maximum Gasteiger partial charge on any atom is 0.227 e. The lowest BCUT2D eigenvalue weighted by Crippen LogP contribution is -2.37. The number of carbonyl (C=O) groups excluding carboxylic acids is 1. The van der Waals surface area contributed by atoms with Crippen LogP contribution in [0.4, 0.5) is 0 Å². The van der Waals surface area contributed by atoms with Crippen LogP contribution in [-0.2, 0) is 24.3 Å². The van der Waals surface area contributed by atoms with E-state index in [2.05, 4.69) is 19.9 Å². The molecule has 2 aromatic heterocycles. The number of nitrogens with zero attached hydrogens (tertiary/aromatic N) is 5. The van der Waals surface area contributed by atoms with Gasteiger partial charge in [-0.25, -0.2) is 15.0 Å². The van der Waals surface area contributed by atoms with Crippen molar-refractivity contribution in [1.29, 1.82) is 0 Å². The SMILES string of the molecule is CC(Cn1cnc2ccccc21)C(=O)N1CCCC1c1ncc2c(n1)CCNC2. The molecule has 2 atom stereocenters. The quantitative estimate of drug-likeness (QED) is 0.741. The van der Waals surface area contributed by atoms with Crippen molar-refractivity contribution >= 4 is 16.9 Å². The molecule has 7 nitrogen and oxygen atoms in total. The smallest absolute Gasteiger partial charge is 0.227 e. The summed E-state index contributed by atoms with van der Waals surface area (Å²) in [5, 5.41) is 3.35. The zero-order valence-electron chi connectivity index (χ0n) is 16.7. The summed E-state index contributed by atoms with van der Waals surface area (Å²) in [6.07, 6.45) is 6.63. The van der Waals surface area contributed by atoms with Crippen LogP contribution in [-0.4, -0.2) is 43.4 Å². The van der Waals surface area contributed by atoms with E-state index in [9.17, 15) is 4.79 Å². The van der Waals surface area contributed by atoms with Gasteiger partial charge in [-0.1, -0.05) is 19.1 Å². The van der Waals surface area contributed by atoms with Crippen LogP contribution in [0.1, 0.15) is 42.9 Å². The molecule has 7 heteroatoms. The van der Waals surface area contributed by atoms with Crippen molar-refractivity contribution in [2.45, 2.75) is 45.3 Å². The molecule has 2 aliphatic rings. The van der Waals surface area contributed by atoms with Gasteiger partial charge in [0.05, 0.1) is 29.3 Å². The molecule has 1 N–H and O–H groups in total. The van der Waals surface area contributed by atoms with Gasteiger partial charge in [-0.15, -0.1) is 0 Å². The molecule has 2 unspecified atom stereocenters. The number of carbonyl (C=O) groups is 1. The highest BCUT2D eigenvalue weighted by molar-refractivity contribution is 5.80. The maximum absolute atomic E-state index is 13.3. The van der Waals surface area contributed by atoms with Crippen molar-refractivity contribution in [3.8, 4) is 0 Å². The number of amides is 1. The van der Waals surface area contributed by atoms with Crippen LogP contribution in [0, 0.1) is 5.92 Å². The number of hydrogen-bond acceptors (Lipinski definition) is 5. The molecule has 0 bridgehead atoms. The van der Waals surface area contributed by atoms with Gasteiger partial charge in [-0.2, -0.15) is 0 Å². The van der Waals surface area contributed by atoms with Gasteiger partial charge in [0.25, 0.3) is 0 Å². The zero-order chi connectivity index (χ0) is 19.8. The van der Waals surface area contributed by atoms with E-state index in [0.29, 0.717) is 6.54 Å². The predicted octanol–water partition coefficient (Wildman–Crippen LogP) is 2.47. The van der Waals surface area contributed by atoms with E-state index in [1.807, 2.05) is 48.6 Å². The summed E-state index contributed by atoms with van der Waals surface area (Å²) >= 11 is 0. The average Bonchev–Trinajstić information content (AvgIpc) is 3.40. The molecule has 1 amide bonds. The Bertz CT molecular complexity index is 1040. The van der Waals surface area contributed by atoms with Crippen molar-refractivity contribution in [2.75, 3.05) is 13.1 Å². The molecule has 0 spiro atoms. The van der Waals surface area contributed by atoms with Crippen LogP contribution < -0.4 is 5.32 Å². The molecular formula is C22H26N6O. The Balaban J connectivity index is 1.34. The number of benzene rings is 1. The molecule has 150 valence electrons. The lowest BCUT2D eigenvalue weighted by Gasteiger charge is -2.27. The summed E-state index contributed by atoms with van der Waals surface area (Å²) in [6, 6.07) is 8.03. The Morgan fingerprint density at radius 3 is 3.14 bits per heavy atom. The summed E-state index contributed by atoms with van der Waals surface area (Å²) < 4.78 is 2.07. The second-order valence-corrected chi connectivity index (χ2v) is 8.10. The third-order valence-electron chi connectivity index (χ3n) is 6.08. The number of aromatic nitrogens is 4. The summed E-state index contributed by atoms with van der Waals surface area (Å²) in [6.45, 7) is 5.19. The highest BCUT2D eigenvalue weighted by Gasteiger charge is 2.34. The Morgan fingerprint density at radius 2 is 2.21 bits per heavy atom. The molecule has 29 heavy (non-hydrogen) atoms. The molecule has 0 aliphatic carbocycles. The minimum atomic E-state index is -0.130. The summed E-state index contributed by atoms with van der Waals surface area (Å²) in [5.41, 5.74) is 4.34. The van der Waals surface area contributed by atoms with Crippen LogP contribution in [0.5, 0.6) is 0 Å². The molecule has 1 fully saturated rings. The highest BCUT2D eigenvalue weighted by atomic mass is 16.2. The van der Waals surface area contributed by atoms with E-state index in [0.717, 1.165) is 61.4 Å². The van der Waals surface area contributed by atoms with Crippen LogP contribution in [0.2, 0.25) is 0 Å². The third-order valence-corrected chi connectivity index (χ3v) is 6.08. The minimum absolute atomic E-state index is 0.00957. The molecule has 1 aromatic carbocycles. The number of likely N-dealkylation sites (tertiary alicyclic amines) is 1. The molecule has 3 aromatic rings. The summed E-state index contributed by atoms with van der Waals surface area (Å²) in [7, 11) is 0. The van der Waals surface area contributed by atoms with Crippen molar-refractivity contribution in [1.82, 2.24) is 29.7 Å². The maximum atomic E-state index is 13.3. The van der Waals surface area contributed by atoms with Crippen molar-refractivity contribution in [3.05, 3.63) is 53.9 Å². The monoisotopic (exact) mass is 390 g/mol. The highest BCUT2D eigenvalue weighted by Crippen LogP contribution is 2.32. The number of fused-ring (bicyclic) bond motifs is 2. The number of imidazole rings is 1. The van der Waals surface area contributed by atoms with Crippen molar-refractivity contribution < 1.29 is 4.79 Å². The Morgan fingerprint density at radius 1 is 1.31 bits per heavy atom. The van der Waals surface area contributed by atoms with E-state index in [-0.39, 0.29) is 17.9 Å². The van der Waals surface area contributed by atoms with E-state index < -0.39 is 0 Å². The van der Waals surface area contributed by atoms with Gasteiger partial charge in [0.2, 0.25) is 5.91 Å². The minimum Gasteiger partial charge on any atom is -0.332 e. The van der Waals surface area contributed by atoms with Crippen molar-refractivity contribution in [3.63, 3.8) is 0 Å². The number of hydrogen-bond donors (Lipinski definition) is 1. The Kier molecular flexibility index (Phi) is 4.75. The fraction of sp³-hybridized carbons (Fsp3) is 0.455. The fourth-order valence-electron chi connectivity index (χ4n) is 4.52. The molecule has 2 aliphatic heterocycles. The van der Waals surface area contributed by atoms with Gasteiger partial charge >= 0.3 is 0 Å². The van der Waals surface area contributed by atoms with E-state index in [1.54, 1.807) is 0 Å². The zero-order valence-corrected chi connectivity index (χ0v) is 16.7. The van der Waals surface area contributed by atoms with Crippen LogP contribution >= 0.6 is 0 Å². The Labute approximate surface area is 170 Å². The number of para-hydroxylation sites is 2. The van der Waals surface area contributed by atoms with Gasteiger partial charge < -0.3 is 14.8 Å². The first kappa shape index (κ1) is 18.2. The van der Waals surface area contributed by atoms with Crippen LogP contribution in [0.3, 0.4) is 0 Å². The van der Waals surface area contributed by atoms with Gasteiger partial charge in [-0.3, -0.25) is 4.79 Å². The number of nitrogens with one attached hydrogen (secondary N) is 1. The molecule has 4 heterocycles. The topological polar surface area (TPSA) is 75.9 Å². The van der Waals surface area contributed by atoms with E-state index in [1.165, 1.54) is 5.56 Å². The predicted molar refractivity (Wildman–Crippen MR) is 110 cm³/mol. The summed E-state index contributed by atoms with van der Waals surface area (Å²) in [4.78, 5) is 29.2. The van der Waals surface area contributed by atoms with Gasteiger partial charge in [-0.05, 0) is 25.0 Å². The van der Waals surface area contributed by atoms with Crippen molar-refractivity contribution in [2.24, 2.45) is 5.92 Å². The largest absolute Gasteiger partial charge is 0.332 e. The molecule has 5 rings (SSSR count). The lowest BCUT2D eigenvalue weighted by atomic mass is 10.1. The van der Waals surface area contributed by atoms with Gasteiger partial charge in [0.1, 0.15) is 0 Å². The molecular weight excluding hydrogens is 364 g/mol. The first-order chi connectivity index (χ1) is 14.2. The van der Waals surface area contributed by atoms with E-state index >= 15 is 0 Å². The second-order valence-electron chi connectivity index (χ2n) is 8.10. The van der Waals surface area contributed by atoms with Gasteiger partial charge in [0.15, 0.2) is 5.82 Å². The summed E-state index contributed by atoms with van der Waals surface area (Å²) in [5.74, 6) is 0.847. The number of rotatable bonds is 4. The lowest BCUT2D eigenvalue weighted by molar-refractivity contribution is -0.136. The Hall–Kier alpha value is -2.80. The third kappa shape index (κ3) is 3.40. The van der Waals surface area contributed by atoms with Gasteiger partial charge in [0, 0.05) is 50.1 Å². The molecule has 0 radical (unpaired) electrons. The van der Waals surface area contributed by atoms with Crippen LogP contribution in [0.25, 0.3) is 11.0 Å². The average molecular weight is 390 g/mol. The second kappa shape index (κ2) is 7.55. The van der Waals surface area contributed by atoms with E-state index in [4.69, 9.17) is 4.98 Å².